The molecular formula is C44H46Cl2N2O8. The fourth-order valence-electron chi connectivity index (χ4n) is 6.29. The van der Waals surface area contributed by atoms with E-state index in [1.165, 1.54) is 0 Å². The van der Waals surface area contributed by atoms with Gasteiger partial charge in [0.15, 0.2) is 11.8 Å². The molecule has 0 saturated carbocycles. The predicted octanol–water partition coefficient (Wildman–Crippen LogP) is 9.02. The molecule has 0 heterocycles. The van der Waals surface area contributed by atoms with E-state index in [0.29, 0.717) is 43.7 Å². The molecule has 4 rings (SSSR count). The summed E-state index contributed by atoms with van der Waals surface area (Å²) in [5.74, 6) is -7.23. The van der Waals surface area contributed by atoms with Crippen molar-refractivity contribution in [3.63, 3.8) is 0 Å². The molecule has 294 valence electrons. The van der Waals surface area contributed by atoms with Crippen LogP contribution < -0.4 is 0 Å². The minimum absolute atomic E-state index is 0.0500. The number of carbonyl (C=O) groups is 4. The third-order valence-corrected chi connectivity index (χ3v) is 9.40. The number of hydrogen-bond acceptors (Lipinski definition) is 10. The van der Waals surface area contributed by atoms with Crippen LogP contribution in [-0.2, 0) is 38.1 Å². The van der Waals surface area contributed by atoms with E-state index in [0.717, 1.165) is 0 Å². The van der Waals surface area contributed by atoms with Gasteiger partial charge in [-0.3, -0.25) is 19.2 Å². The number of hydrogen-bond donors (Lipinski definition) is 0. The Morgan fingerprint density at radius 1 is 0.464 bits per heavy atom. The van der Waals surface area contributed by atoms with Crippen LogP contribution in [0.5, 0.6) is 0 Å². The molecule has 0 fully saturated rings. The number of ether oxygens (including phenoxy) is 4. The maximum Gasteiger partial charge on any atom is 0.320 e. The number of benzene rings is 4. The zero-order chi connectivity index (χ0) is 40.5. The molecule has 0 saturated heterocycles. The highest BCUT2D eigenvalue weighted by molar-refractivity contribution is 6.30. The van der Waals surface area contributed by atoms with Crippen molar-refractivity contribution >= 4 is 58.5 Å². The second-order valence-corrected chi connectivity index (χ2v) is 13.4. The SMILES string of the molecule is CCOC(=O)C(C(=O)OCC)C(C/C(=N\N=C(/CC(c1ccc(Cl)cc1)C(C(=O)OCC)C(=O)OCC)c1ccccc1)c1ccccc1)c1ccc(Cl)cc1. The van der Waals surface area contributed by atoms with Crippen molar-refractivity contribution in [2.45, 2.75) is 52.4 Å². The highest BCUT2D eigenvalue weighted by atomic mass is 35.5. The van der Waals surface area contributed by atoms with Crippen LogP contribution in [0, 0.1) is 11.8 Å². The zero-order valence-electron chi connectivity index (χ0n) is 31.9. The number of halogens is 2. The van der Waals surface area contributed by atoms with Gasteiger partial charge in [0, 0.05) is 34.7 Å². The van der Waals surface area contributed by atoms with Crippen LogP contribution in [0.15, 0.2) is 119 Å². The second kappa shape index (κ2) is 22.3. The van der Waals surface area contributed by atoms with Gasteiger partial charge in [-0.25, -0.2) is 0 Å². The molecule has 0 amide bonds. The van der Waals surface area contributed by atoms with Crippen LogP contribution in [0.4, 0.5) is 0 Å². The van der Waals surface area contributed by atoms with E-state index in [-0.39, 0.29) is 39.3 Å². The van der Waals surface area contributed by atoms with Crippen molar-refractivity contribution in [2.75, 3.05) is 26.4 Å². The summed E-state index contributed by atoms with van der Waals surface area (Å²) in [5.41, 5.74) is 3.50. The quantitative estimate of drug-likeness (QED) is 0.0302. The van der Waals surface area contributed by atoms with E-state index in [9.17, 15) is 19.2 Å². The molecule has 12 heteroatoms. The van der Waals surface area contributed by atoms with Gasteiger partial charge in [-0.1, -0.05) is 108 Å². The molecule has 0 aliphatic heterocycles. The number of carbonyl (C=O) groups excluding carboxylic acids is 4. The third kappa shape index (κ3) is 12.1. The topological polar surface area (TPSA) is 130 Å². The molecule has 10 nitrogen and oxygen atoms in total. The molecule has 2 unspecified atom stereocenters. The van der Waals surface area contributed by atoms with Gasteiger partial charge >= 0.3 is 23.9 Å². The first-order valence-electron chi connectivity index (χ1n) is 18.5. The summed E-state index contributed by atoms with van der Waals surface area (Å²) < 4.78 is 21.7. The molecule has 0 aliphatic rings. The van der Waals surface area contributed by atoms with Crippen LogP contribution in [0.3, 0.4) is 0 Å². The normalized spacial score (nSPS) is 12.9. The highest BCUT2D eigenvalue weighted by Gasteiger charge is 2.41. The lowest BCUT2D eigenvalue weighted by Gasteiger charge is -2.26. The molecule has 0 aliphatic carbocycles. The average Bonchev–Trinajstić information content (AvgIpc) is 3.19. The first kappa shape index (κ1) is 43.4. The molecule has 4 aromatic carbocycles. The van der Waals surface area contributed by atoms with E-state index in [4.69, 9.17) is 52.4 Å². The Bertz CT molecular complexity index is 1770. The molecule has 0 N–H and O–H groups in total. The Balaban J connectivity index is 1.95. The first-order chi connectivity index (χ1) is 27.1. The van der Waals surface area contributed by atoms with Gasteiger partial charge in [0.2, 0.25) is 0 Å². The summed E-state index contributed by atoms with van der Waals surface area (Å²) in [5, 5.41) is 10.7. The van der Waals surface area contributed by atoms with Crippen LogP contribution in [0.25, 0.3) is 0 Å². The summed E-state index contributed by atoms with van der Waals surface area (Å²) in [6.07, 6.45) is 0.100. The van der Waals surface area contributed by atoms with Crippen LogP contribution >= 0.6 is 23.2 Å². The molecule has 4 aromatic rings. The van der Waals surface area contributed by atoms with Crippen molar-refractivity contribution in [1.29, 1.82) is 0 Å². The predicted molar refractivity (Wildman–Crippen MR) is 217 cm³/mol. The maximum atomic E-state index is 13.6. The van der Waals surface area contributed by atoms with E-state index in [1.54, 1.807) is 76.2 Å². The Labute approximate surface area is 337 Å². The maximum absolute atomic E-state index is 13.6. The van der Waals surface area contributed by atoms with Gasteiger partial charge in [0.1, 0.15) is 0 Å². The summed E-state index contributed by atoms with van der Waals surface area (Å²) >= 11 is 12.5. The van der Waals surface area contributed by atoms with Crippen molar-refractivity contribution in [2.24, 2.45) is 22.0 Å². The molecule has 56 heavy (non-hydrogen) atoms. The zero-order valence-corrected chi connectivity index (χ0v) is 33.4. The highest BCUT2D eigenvalue weighted by Crippen LogP contribution is 2.35. The van der Waals surface area contributed by atoms with Crippen molar-refractivity contribution < 1.29 is 38.1 Å². The summed E-state index contributed by atoms with van der Waals surface area (Å²) in [7, 11) is 0. The van der Waals surface area contributed by atoms with Crippen LogP contribution in [0.1, 0.15) is 74.6 Å². The number of esters is 4. The van der Waals surface area contributed by atoms with Gasteiger partial charge in [-0.2, -0.15) is 10.2 Å². The third-order valence-electron chi connectivity index (χ3n) is 8.90. The molecule has 0 spiro atoms. The van der Waals surface area contributed by atoms with Gasteiger partial charge < -0.3 is 18.9 Å². The van der Waals surface area contributed by atoms with Gasteiger partial charge in [-0.05, 0) is 74.2 Å². The van der Waals surface area contributed by atoms with Crippen molar-refractivity contribution in [3.8, 4) is 0 Å². The lowest BCUT2D eigenvalue weighted by Crippen LogP contribution is -2.35. The van der Waals surface area contributed by atoms with E-state index >= 15 is 0 Å². The lowest BCUT2D eigenvalue weighted by molar-refractivity contribution is -0.164. The Morgan fingerprint density at radius 3 is 1.02 bits per heavy atom. The summed E-state index contributed by atoms with van der Waals surface area (Å²) in [4.78, 5) is 54.2. The first-order valence-corrected chi connectivity index (χ1v) is 19.3. The Morgan fingerprint density at radius 2 is 0.750 bits per heavy atom. The Hall–Kier alpha value is -5.32. The van der Waals surface area contributed by atoms with Crippen molar-refractivity contribution in [3.05, 3.63) is 141 Å². The minimum atomic E-state index is -1.34. The largest absolute Gasteiger partial charge is 0.465 e. The lowest BCUT2D eigenvalue weighted by atomic mass is 9.80. The number of nitrogens with zero attached hydrogens (tertiary/aromatic N) is 2. The Kier molecular flexibility index (Phi) is 17.3. The van der Waals surface area contributed by atoms with Crippen LogP contribution in [0.2, 0.25) is 10.0 Å². The second-order valence-electron chi connectivity index (χ2n) is 12.5. The van der Waals surface area contributed by atoms with Gasteiger partial charge in [0.25, 0.3) is 0 Å². The van der Waals surface area contributed by atoms with E-state index in [1.807, 2.05) is 60.7 Å². The fraction of sp³-hybridized carbons (Fsp3) is 0.318. The fourth-order valence-corrected chi connectivity index (χ4v) is 6.54. The molecular weight excluding hydrogens is 755 g/mol. The molecule has 0 bridgehead atoms. The van der Waals surface area contributed by atoms with Gasteiger partial charge in [0.05, 0.1) is 37.9 Å². The number of rotatable bonds is 19. The van der Waals surface area contributed by atoms with Crippen LogP contribution in [-0.4, -0.2) is 61.7 Å². The standard InChI is InChI=1S/C44H46Cl2N2O8/c1-5-53-41(49)39(42(50)54-6-2)35(29-19-23-33(45)24-20-29)27-37(31-15-11-9-12-16-31)47-48-38(32-17-13-10-14-18-32)28-36(30-21-25-34(46)26-22-30)40(43(51)55-7-3)44(52)56-8-4/h9-26,35-36,39-40H,5-8,27-28H2,1-4H3/b47-37+,48-38+. The monoisotopic (exact) mass is 800 g/mol. The summed E-state index contributed by atoms with van der Waals surface area (Å²) in [6.45, 7) is 6.89. The van der Waals surface area contributed by atoms with E-state index < -0.39 is 47.5 Å². The van der Waals surface area contributed by atoms with Crippen molar-refractivity contribution in [1.82, 2.24) is 0 Å². The minimum Gasteiger partial charge on any atom is -0.465 e. The van der Waals surface area contributed by atoms with E-state index in [2.05, 4.69) is 0 Å². The molecule has 0 radical (unpaired) electrons. The molecule has 2 atom stereocenters. The average molecular weight is 802 g/mol. The molecule has 0 aromatic heterocycles. The smallest absolute Gasteiger partial charge is 0.320 e. The van der Waals surface area contributed by atoms with Gasteiger partial charge in [-0.15, -0.1) is 0 Å². The summed E-state index contributed by atoms with van der Waals surface area (Å²) in [6, 6.07) is 32.3.